The molecule has 1 aromatic carbocycles. The van der Waals surface area contributed by atoms with Crippen molar-refractivity contribution < 1.29 is 31.1 Å². The number of nitrogens with zero attached hydrogens (tertiary/aromatic N) is 7. The lowest BCUT2D eigenvalue weighted by molar-refractivity contribution is -0.143. The quantitative estimate of drug-likeness (QED) is 0.428. The fourth-order valence-corrected chi connectivity index (χ4v) is 2.33. The summed E-state index contributed by atoms with van der Waals surface area (Å²) in [6, 6.07) is 2.48. The van der Waals surface area contributed by atoms with Crippen molar-refractivity contribution in [3.63, 3.8) is 0 Å². The van der Waals surface area contributed by atoms with Gasteiger partial charge in [-0.3, -0.25) is 9.48 Å². The summed E-state index contributed by atoms with van der Waals surface area (Å²) in [7, 11) is 0. The Balaban J connectivity index is 1.74. The zero-order valence-electron chi connectivity index (χ0n) is 15.3. The summed E-state index contributed by atoms with van der Waals surface area (Å²) in [6.07, 6.45) is -6.46. The summed E-state index contributed by atoms with van der Waals surface area (Å²) in [4.78, 5) is 22.9. The predicted molar refractivity (Wildman–Crippen MR) is 91.6 cm³/mol. The summed E-state index contributed by atoms with van der Waals surface area (Å²) < 4.78 is 79.0. The minimum Gasteiger partial charge on any atom is -0.271 e. The van der Waals surface area contributed by atoms with E-state index in [1.807, 2.05) is 0 Å². The minimum absolute atomic E-state index is 0.0157. The normalized spacial score (nSPS) is 12.5. The molecule has 1 amide bonds. The van der Waals surface area contributed by atoms with E-state index in [4.69, 9.17) is 0 Å². The standard InChI is InChI=1S/C17H11F6N7O/c18-16(19,20)11-5-10(6-12(7-11)17(21,22)23)15-26-9-30(29-15)4-2-14(31)28-27-13-1-3-24-8-25-13/h1,3,5-9H,2,4H2. The van der Waals surface area contributed by atoms with Crippen LogP contribution in [0.3, 0.4) is 0 Å². The summed E-state index contributed by atoms with van der Waals surface area (Å²) in [5.74, 6) is -0.836. The monoisotopic (exact) mass is 443 g/mol. The molecule has 0 saturated heterocycles. The number of rotatable bonds is 5. The van der Waals surface area contributed by atoms with Crippen molar-refractivity contribution in [2.24, 2.45) is 10.2 Å². The van der Waals surface area contributed by atoms with Crippen LogP contribution in [0.1, 0.15) is 17.5 Å². The molecule has 0 bridgehead atoms. The molecule has 31 heavy (non-hydrogen) atoms. The average molecular weight is 443 g/mol. The fraction of sp³-hybridized carbons (Fsp3) is 0.235. The smallest absolute Gasteiger partial charge is 0.271 e. The van der Waals surface area contributed by atoms with Crippen LogP contribution in [0.2, 0.25) is 0 Å². The van der Waals surface area contributed by atoms with E-state index in [0.717, 1.165) is 11.0 Å². The van der Waals surface area contributed by atoms with Gasteiger partial charge in [0.15, 0.2) is 11.6 Å². The van der Waals surface area contributed by atoms with Crippen LogP contribution in [0, 0.1) is 0 Å². The lowest BCUT2D eigenvalue weighted by atomic mass is 10.0. The van der Waals surface area contributed by atoms with Crippen LogP contribution in [-0.4, -0.2) is 30.6 Å². The van der Waals surface area contributed by atoms with Crippen LogP contribution in [0.25, 0.3) is 11.4 Å². The van der Waals surface area contributed by atoms with E-state index in [1.54, 1.807) is 0 Å². The third-order valence-electron chi connectivity index (χ3n) is 3.77. The number of alkyl halides is 6. The molecule has 0 atom stereocenters. The molecule has 162 valence electrons. The van der Waals surface area contributed by atoms with Gasteiger partial charge in [-0.15, -0.1) is 10.2 Å². The second-order valence-electron chi connectivity index (χ2n) is 6.04. The van der Waals surface area contributed by atoms with Gasteiger partial charge in [-0.2, -0.15) is 31.4 Å². The molecule has 2 heterocycles. The molecule has 8 nitrogen and oxygen atoms in total. The van der Waals surface area contributed by atoms with Gasteiger partial charge < -0.3 is 0 Å². The van der Waals surface area contributed by atoms with Crippen molar-refractivity contribution in [1.82, 2.24) is 24.7 Å². The number of amides is 1. The van der Waals surface area contributed by atoms with Crippen molar-refractivity contribution in [1.29, 1.82) is 0 Å². The third kappa shape index (κ3) is 5.90. The molecule has 0 radical (unpaired) electrons. The van der Waals surface area contributed by atoms with E-state index in [2.05, 4.69) is 30.3 Å². The highest BCUT2D eigenvalue weighted by Crippen LogP contribution is 2.38. The van der Waals surface area contributed by atoms with Gasteiger partial charge >= 0.3 is 12.4 Å². The van der Waals surface area contributed by atoms with Crippen LogP contribution in [0.5, 0.6) is 0 Å². The van der Waals surface area contributed by atoms with Crippen LogP contribution in [0.15, 0.2) is 53.3 Å². The van der Waals surface area contributed by atoms with Gasteiger partial charge in [0, 0.05) is 17.8 Å². The molecule has 0 aliphatic heterocycles. The number of hydrogen-bond donors (Lipinski definition) is 0. The molecule has 3 rings (SSSR count). The maximum Gasteiger partial charge on any atom is 0.416 e. The Morgan fingerprint density at radius 3 is 2.26 bits per heavy atom. The highest BCUT2D eigenvalue weighted by Gasteiger charge is 2.37. The van der Waals surface area contributed by atoms with Crippen molar-refractivity contribution in [2.75, 3.05) is 0 Å². The highest BCUT2D eigenvalue weighted by molar-refractivity contribution is 5.76. The largest absolute Gasteiger partial charge is 0.416 e. The number of carbonyl (C=O) groups excluding carboxylic acids is 1. The lowest BCUT2D eigenvalue weighted by Gasteiger charge is -2.13. The third-order valence-corrected chi connectivity index (χ3v) is 3.77. The lowest BCUT2D eigenvalue weighted by Crippen LogP contribution is -2.11. The Bertz CT molecular complexity index is 1060. The van der Waals surface area contributed by atoms with Crippen molar-refractivity contribution >= 4 is 11.7 Å². The van der Waals surface area contributed by atoms with Gasteiger partial charge in [-0.1, -0.05) is 0 Å². The van der Waals surface area contributed by atoms with E-state index >= 15 is 0 Å². The maximum atomic E-state index is 13.0. The van der Waals surface area contributed by atoms with Crippen LogP contribution in [0.4, 0.5) is 32.2 Å². The number of halogens is 6. The minimum atomic E-state index is -4.99. The van der Waals surface area contributed by atoms with E-state index in [1.165, 1.54) is 18.6 Å². The Kier molecular flexibility index (Phi) is 6.08. The number of aromatic nitrogens is 5. The van der Waals surface area contributed by atoms with E-state index in [9.17, 15) is 31.1 Å². The Hall–Kier alpha value is -3.71. The van der Waals surface area contributed by atoms with E-state index in [0.29, 0.717) is 12.1 Å². The zero-order valence-corrected chi connectivity index (χ0v) is 15.3. The molecule has 0 aliphatic rings. The molecular weight excluding hydrogens is 432 g/mol. The van der Waals surface area contributed by atoms with Crippen LogP contribution >= 0.6 is 0 Å². The van der Waals surface area contributed by atoms with Gasteiger partial charge in [0.25, 0.3) is 5.91 Å². The molecule has 0 spiro atoms. The van der Waals surface area contributed by atoms with Crippen molar-refractivity contribution in [2.45, 2.75) is 25.3 Å². The number of carbonyl (C=O) groups is 1. The predicted octanol–water partition coefficient (Wildman–Crippen LogP) is 4.47. The molecule has 14 heteroatoms. The van der Waals surface area contributed by atoms with Crippen LogP contribution in [-0.2, 0) is 23.7 Å². The van der Waals surface area contributed by atoms with Gasteiger partial charge in [0.1, 0.15) is 12.7 Å². The second-order valence-corrected chi connectivity index (χ2v) is 6.04. The maximum absolute atomic E-state index is 13.0. The molecule has 0 saturated carbocycles. The second kappa shape index (κ2) is 8.57. The first-order valence-corrected chi connectivity index (χ1v) is 8.42. The molecular formula is C17H11F6N7O. The fourth-order valence-electron chi connectivity index (χ4n) is 2.33. The average Bonchev–Trinajstić information content (AvgIpc) is 3.19. The van der Waals surface area contributed by atoms with Gasteiger partial charge in [-0.25, -0.2) is 15.0 Å². The van der Waals surface area contributed by atoms with E-state index < -0.39 is 35.0 Å². The molecule has 3 aromatic rings. The van der Waals surface area contributed by atoms with Gasteiger partial charge in [-0.05, 0) is 18.2 Å². The summed E-state index contributed by atoms with van der Waals surface area (Å²) in [6.45, 7) is -0.0697. The highest BCUT2D eigenvalue weighted by atomic mass is 19.4. The van der Waals surface area contributed by atoms with E-state index in [-0.39, 0.29) is 30.7 Å². The SMILES string of the molecule is O=C(CCn1cnc(-c2cc(C(F)(F)F)cc(C(F)(F)F)c2)n1)N=Nc1ccncn1. The first-order chi connectivity index (χ1) is 14.5. The first kappa shape index (κ1) is 22.0. The van der Waals surface area contributed by atoms with Gasteiger partial charge in [0.2, 0.25) is 0 Å². The van der Waals surface area contributed by atoms with Gasteiger partial charge in [0.05, 0.1) is 24.1 Å². The number of benzene rings is 1. The molecule has 0 unspecified atom stereocenters. The Morgan fingerprint density at radius 2 is 1.68 bits per heavy atom. The molecule has 0 fully saturated rings. The zero-order chi connectivity index (χ0) is 22.6. The Morgan fingerprint density at radius 1 is 1.00 bits per heavy atom. The molecule has 2 aromatic heterocycles. The van der Waals surface area contributed by atoms with Crippen molar-refractivity contribution in [3.05, 3.63) is 54.2 Å². The number of hydrogen-bond acceptors (Lipinski definition) is 6. The Labute approximate surface area is 169 Å². The first-order valence-electron chi connectivity index (χ1n) is 8.42. The summed E-state index contributed by atoms with van der Waals surface area (Å²) in [5.41, 5.74) is -3.42. The summed E-state index contributed by atoms with van der Waals surface area (Å²) in [5, 5.41) is 10.9. The summed E-state index contributed by atoms with van der Waals surface area (Å²) >= 11 is 0. The van der Waals surface area contributed by atoms with Crippen LogP contribution < -0.4 is 0 Å². The molecule has 0 N–H and O–H groups in total. The number of azo groups is 1. The topological polar surface area (TPSA) is 98.3 Å². The van der Waals surface area contributed by atoms with Crippen molar-refractivity contribution in [3.8, 4) is 11.4 Å². The number of aryl methyl sites for hydroxylation is 1. The molecule has 0 aliphatic carbocycles.